The zero-order chi connectivity index (χ0) is 22.4. The van der Waals surface area contributed by atoms with Crippen molar-refractivity contribution < 1.29 is 9.59 Å². The molecule has 6 aliphatic rings. The fourth-order valence-corrected chi connectivity index (χ4v) is 8.39. The van der Waals surface area contributed by atoms with E-state index in [4.69, 9.17) is 0 Å². The molecule has 0 radical (unpaired) electrons. The van der Waals surface area contributed by atoms with Crippen molar-refractivity contribution in [1.82, 2.24) is 20.1 Å². The molecule has 0 unspecified atom stereocenters. The minimum Gasteiger partial charge on any atom is -0.339 e. The van der Waals surface area contributed by atoms with E-state index in [2.05, 4.69) is 15.2 Å². The third kappa shape index (κ3) is 4.26. The molecular formula is C27H38N4O2. The highest BCUT2D eigenvalue weighted by atomic mass is 16.2. The van der Waals surface area contributed by atoms with Gasteiger partial charge in [0.1, 0.15) is 0 Å². The Morgan fingerprint density at radius 2 is 1.39 bits per heavy atom. The number of hydrogen-bond acceptors (Lipinski definition) is 3. The molecule has 2 aliphatic heterocycles. The van der Waals surface area contributed by atoms with E-state index in [1.165, 1.54) is 38.5 Å². The quantitative estimate of drug-likeness (QED) is 0.746. The molecule has 3 heterocycles. The van der Waals surface area contributed by atoms with E-state index < -0.39 is 0 Å². The zero-order valence-corrected chi connectivity index (χ0v) is 19.8. The van der Waals surface area contributed by atoms with Crippen molar-refractivity contribution >= 4 is 11.9 Å². The lowest BCUT2D eigenvalue weighted by Crippen LogP contribution is -2.62. The maximum Gasteiger partial charge on any atom is 0.317 e. The van der Waals surface area contributed by atoms with E-state index >= 15 is 0 Å². The lowest BCUT2D eigenvalue weighted by molar-refractivity contribution is -0.0165. The van der Waals surface area contributed by atoms with Crippen molar-refractivity contribution in [2.24, 2.45) is 29.6 Å². The summed E-state index contributed by atoms with van der Waals surface area (Å²) in [6, 6.07) is 3.88. The summed E-state index contributed by atoms with van der Waals surface area (Å²) in [5.74, 6) is 4.05. The fourth-order valence-electron chi connectivity index (χ4n) is 8.39. The van der Waals surface area contributed by atoms with Gasteiger partial charge in [0, 0.05) is 44.1 Å². The number of pyridine rings is 1. The van der Waals surface area contributed by atoms with E-state index in [0.717, 1.165) is 69.6 Å². The molecule has 7 rings (SSSR count). The molecule has 0 spiro atoms. The Labute approximate surface area is 197 Å². The van der Waals surface area contributed by atoms with Gasteiger partial charge >= 0.3 is 6.03 Å². The highest BCUT2D eigenvalue weighted by molar-refractivity contribution is 5.93. The number of amides is 3. The lowest BCUT2D eigenvalue weighted by atomic mass is 9.53. The zero-order valence-electron chi connectivity index (χ0n) is 19.8. The van der Waals surface area contributed by atoms with Gasteiger partial charge in [0.15, 0.2) is 0 Å². The van der Waals surface area contributed by atoms with Crippen LogP contribution in [0.1, 0.15) is 74.6 Å². The maximum atomic E-state index is 13.2. The predicted molar refractivity (Wildman–Crippen MR) is 127 cm³/mol. The molecule has 4 bridgehead atoms. The van der Waals surface area contributed by atoms with Crippen LogP contribution in [-0.2, 0) is 0 Å². The van der Waals surface area contributed by atoms with Gasteiger partial charge in [0.05, 0.1) is 5.56 Å². The smallest absolute Gasteiger partial charge is 0.317 e. The van der Waals surface area contributed by atoms with Crippen LogP contribution in [0.3, 0.4) is 0 Å². The summed E-state index contributed by atoms with van der Waals surface area (Å²) in [6.07, 6.45) is 15.6. The van der Waals surface area contributed by atoms with E-state index in [9.17, 15) is 9.59 Å². The van der Waals surface area contributed by atoms with Crippen LogP contribution >= 0.6 is 0 Å². The van der Waals surface area contributed by atoms with Crippen LogP contribution in [0.25, 0.3) is 0 Å². The molecule has 33 heavy (non-hydrogen) atoms. The number of nitrogens with zero attached hydrogens (tertiary/aromatic N) is 3. The molecule has 0 atom stereocenters. The van der Waals surface area contributed by atoms with E-state index in [1.807, 2.05) is 17.0 Å². The monoisotopic (exact) mass is 450 g/mol. The van der Waals surface area contributed by atoms with Crippen LogP contribution in [0.2, 0.25) is 0 Å². The van der Waals surface area contributed by atoms with Gasteiger partial charge in [-0.2, -0.15) is 0 Å². The third-order valence-electron chi connectivity index (χ3n) is 9.64. The molecular weight excluding hydrogens is 412 g/mol. The molecule has 2 saturated heterocycles. The normalized spacial score (nSPS) is 34.5. The second-order valence-electron chi connectivity index (χ2n) is 11.8. The Bertz CT molecular complexity index is 836. The summed E-state index contributed by atoms with van der Waals surface area (Å²) >= 11 is 0. The molecule has 6 heteroatoms. The number of urea groups is 1. The minimum atomic E-state index is 0.107. The van der Waals surface area contributed by atoms with Gasteiger partial charge in [-0.05, 0) is 106 Å². The standard InChI is InChI=1S/C27H38N4O2/c32-25(24-2-1-7-28-18-24)30-8-3-22(4-9-30)23-5-10-31(11-6-23)26(33)29-27-15-19-12-20(16-27)14-21(13-19)17-27/h1-2,7,18-23H,3-6,8-17H2,(H,29,33). The largest absolute Gasteiger partial charge is 0.339 e. The number of carbonyl (C=O) groups excluding carboxylic acids is 2. The average Bonchev–Trinajstić information content (AvgIpc) is 2.83. The van der Waals surface area contributed by atoms with Crippen molar-refractivity contribution in [3.63, 3.8) is 0 Å². The van der Waals surface area contributed by atoms with Crippen LogP contribution in [0, 0.1) is 29.6 Å². The molecule has 1 N–H and O–H groups in total. The van der Waals surface area contributed by atoms with Crippen molar-refractivity contribution in [3.05, 3.63) is 30.1 Å². The summed E-state index contributed by atoms with van der Waals surface area (Å²) in [6.45, 7) is 3.45. The van der Waals surface area contributed by atoms with Crippen molar-refractivity contribution in [1.29, 1.82) is 0 Å². The number of rotatable bonds is 3. The molecule has 1 aromatic rings. The first kappa shape index (κ1) is 21.4. The van der Waals surface area contributed by atoms with Gasteiger partial charge in [-0.15, -0.1) is 0 Å². The topological polar surface area (TPSA) is 65.5 Å². The summed E-state index contributed by atoms with van der Waals surface area (Å²) < 4.78 is 0. The van der Waals surface area contributed by atoms with Gasteiger partial charge < -0.3 is 15.1 Å². The van der Waals surface area contributed by atoms with E-state index in [1.54, 1.807) is 12.4 Å². The maximum absolute atomic E-state index is 13.2. The Kier molecular flexibility index (Phi) is 5.58. The van der Waals surface area contributed by atoms with Gasteiger partial charge in [-0.3, -0.25) is 9.78 Å². The first-order valence-electron chi connectivity index (χ1n) is 13.3. The highest BCUT2D eigenvalue weighted by Crippen LogP contribution is 2.55. The fraction of sp³-hybridized carbons (Fsp3) is 0.741. The molecule has 0 aromatic carbocycles. The van der Waals surface area contributed by atoms with Gasteiger partial charge in [-0.1, -0.05) is 0 Å². The predicted octanol–water partition coefficient (Wildman–Crippen LogP) is 4.32. The number of nitrogens with one attached hydrogen (secondary N) is 1. The van der Waals surface area contributed by atoms with E-state index in [0.29, 0.717) is 17.4 Å². The van der Waals surface area contributed by atoms with Crippen LogP contribution in [0.5, 0.6) is 0 Å². The van der Waals surface area contributed by atoms with E-state index in [-0.39, 0.29) is 17.5 Å². The number of hydrogen-bond donors (Lipinski definition) is 1. The Balaban J connectivity index is 0.977. The number of likely N-dealkylation sites (tertiary alicyclic amines) is 2. The summed E-state index contributed by atoms with van der Waals surface area (Å²) in [5.41, 5.74) is 0.797. The van der Waals surface area contributed by atoms with Crippen molar-refractivity contribution in [3.8, 4) is 0 Å². The van der Waals surface area contributed by atoms with Crippen LogP contribution in [0.4, 0.5) is 4.79 Å². The molecule has 6 nitrogen and oxygen atoms in total. The van der Waals surface area contributed by atoms with Gasteiger partial charge in [0.2, 0.25) is 0 Å². The lowest BCUT2D eigenvalue weighted by Gasteiger charge is -2.57. The first-order chi connectivity index (χ1) is 16.1. The van der Waals surface area contributed by atoms with Gasteiger partial charge in [-0.25, -0.2) is 4.79 Å². The molecule has 1 aromatic heterocycles. The summed E-state index contributed by atoms with van der Waals surface area (Å²) in [4.78, 5) is 34.0. The van der Waals surface area contributed by atoms with Crippen molar-refractivity contribution in [2.45, 2.75) is 69.7 Å². The Morgan fingerprint density at radius 1 is 0.848 bits per heavy atom. The molecule has 3 amide bonds. The first-order valence-corrected chi connectivity index (χ1v) is 13.3. The highest BCUT2D eigenvalue weighted by Gasteiger charge is 2.52. The Hall–Kier alpha value is -2.11. The molecule has 4 saturated carbocycles. The molecule has 178 valence electrons. The van der Waals surface area contributed by atoms with Crippen molar-refractivity contribution in [2.75, 3.05) is 26.2 Å². The molecule has 4 aliphatic carbocycles. The third-order valence-corrected chi connectivity index (χ3v) is 9.64. The summed E-state index contributed by atoms with van der Waals surface area (Å²) in [7, 11) is 0. The number of carbonyl (C=O) groups is 2. The Morgan fingerprint density at radius 3 is 1.91 bits per heavy atom. The summed E-state index contributed by atoms with van der Waals surface area (Å²) in [5, 5.41) is 3.56. The van der Waals surface area contributed by atoms with Crippen LogP contribution < -0.4 is 5.32 Å². The SMILES string of the molecule is O=C(NC12CC3CC(CC(C3)C1)C2)N1CCC(C2CCN(C(=O)c3cccnc3)CC2)CC1. The number of piperidine rings is 2. The second kappa shape index (κ2) is 8.59. The van der Waals surface area contributed by atoms with Crippen LogP contribution in [-0.4, -0.2) is 58.4 Å². The van der Waals surface area contributed by atoms with Gasteiger partial charge in [0.25, 0.3) is 5.91 Å². The molecule has 6 fully saturated rings. The minimum absolute atomic E-state index is 0.107. The average molecular weight is 451 g/mol. The second-order valence-corrected chi connectivity index (χ2v) is 11.8. The number of aromatic nitrogens is 1. The van der Waals surface area contributed by atoms with Crippen LogP contribution in [0.15, 0.2) is 24.5 Å².